The highest BCUT2D eigenvalue weighted by atomic mass is 127. The van der Waals surface area contributed by atoms with Gasteiger partial charge in [-0.05, 0) is 12.1 Å². The van der Waals surface area contributed by atoms with Crippen LogP contribution in [0.25, 0.3) is 11.3 Å². The maximum Gasteiger partial charge on any atom is 0.191 e. The first kappa shape index (κ1) is 17.2. The molecule has 0 aliphatic rings. The number of hydrogen-bond acceptors (Lipinski definition) is 3. The van der Waals surface area contributed by atoms with Crippen LogP contribution in [-0.4, -0.2) is 25.0 Å². The fourth-order valence-electron chi connectivity index (χ4n) is 1.58. The fourth-order valence-corrected chi connectivity index (χ4v) is 2.45. The van der Waals surface area contributed by atoms with Crippen LogP contribution in [0.5, 0.6) is 0 Å². The first-order valence-corrected chi connectivity index (χ1v) is 7.07. The highest BCUT2D eigenvalue weighted by Gasteiger charge is 2.05. The van der Waals surface area contributed by atoms with E-state index in [0.717, 1.165) is 27.2 Å². The number of guanidine groups is 1. The third-order valence-electron chi connectivity index (χ3n) is 2.56. The van der Waals surface area contributed by atoms with Crippen LogP contribution in [0.2, 0.25) is 5.02 Å². The van der Waals surface area contributed by atoms with E-state index in [1.54, 1.807) is 18.4 Å². The van der Waals surface area contributed by atoms with Gasteiger partial charge in [-0.3, -0.25) is 4.99 Å². The molecule has 0 fully saturated rings. The molecule has 7 heteroatoms. The topological polar surface area (TPSA) is 49.3 Å². The van der Waals surface area contributed by atoms with Gasteiger partial charge in [-0.2, -0.15) is 0 Å². The molecule has 0 saturated carbocycles. The first-order valence-electron chi connectivity index (χ1n) is 5.81. The lowest BCUT2D eigenvalue weighted by atomic mass is 10.2. The van der Waals surface area contributed by atoms with Crippen molar-refractivity contribution in [2.75, 3.05) is 14.1 Å². The Labute approximate surface area is 144 Å². The Morgan fingerprint density at radius 2 is 2.05 bits per heavy atom. The zero-order valence-electron chi connectivity index (χ0n) is 11.2. The van der Waals surface area contributed by atoms with Gasteiger partial charge in [0.15, 0.2) is 5.96 Å². The summed E-state index contributed by atoms with van der Waals surface area (Å²) in [6.45, 7) is 0.659. The highest BCUT2D eigenvalue weighted by Crippen LogP contribution is 2.23. The van der Waals surface area contributed by atoms with E-state index in [1.165, 1.54) is 0 Å². The summed E-state index contributed by atoms with van der Waals surface area (Å²) in [7, 11) is 3.57. The summed E-state index contributed by atoms with van der Waals surface area (Å²) in [6, 6.07) is 7.69. The van der Waals surface area contributed by atoms with Gasteiger partial charge in [0.25, 0.3) is 0 Å². The Balaban J connectivity index is 0.00000200. The van der Waals surface area contributed by atoms with Crippen molar-refractivity contribution in [3.8, 4) is 11.3 Å². The summed E-state index contributed by atoms with van der Waals surface area (Å²) in [4.78, 5) is 8.63. The molecule has 1 aromatic carbocycles. The fraction of sp³-hybridized carbons (Fsp3) is 0.231. The van der Waals surface area contributed by atoms with Crippen molar-refractivity contribution in [1.82, 2.24) is 15.6 Å². The van der Waals surface area contributed by atoms with E-state index in [-0.39, 0.29) is 24.0 Å². The molecule has 20 heavy (non-hydrogen) atoms. The van der Waals surface area contributed by atoms with E-state index in [9.17, 15) is 0 Å². The molecule has 2 aromatic rings. The van der Waals surface area contributed by atoms with Crippen LogP contribution in [0.1, 0.15) is 5.01 Å². The molecule has 1 heterocycles. The number of nitrogens with one attached hydrogen (secondary N) is 2. The zero-order chi connectivity index (χ0) is 13.7. The molecule has 0 aliphatic heterocycles. The molecule has 2 rings (SSSR count). The van der Waals surface area contributed by atoms with Gasteiger partial charge in [-0.1, -0.05) is 23.7 Å². The zero-order valence-corrected chi connectivity index (χ0v) is 15.1. The van der Waals surface area contributed by atoms with Crippen molar-refractivity contribution in [2.24, 2.45) is 4.99 Å². The van der Waals surface area contributed by atoms with Crippen molar-refractivity contribution >= 4 is 52.9 Å². The molecular formula is C13H16ClIN4S. The largest absolute Gasteiger partial charge is 0.359 e. The second-order valence-corrected chi connectivity index (χ2v) is 5.19. The van der Waals surface area contributed by atoms with E-state index in [2.05, 4.69) is 20.6 Å². The second kappa shape index (κ2) is 8.43. The monoisotopic (exact) mass is 422 g/mol. The molecule has 0 unspecified atom stereocenters. The smallest absolute Gasteiger partial charge is 0.191 e. The number of benzene rings is 1. The first-order chi connectivity index (χ1) is 9.22. The Morgan fingerprint density at radius 3 is 2.65 bits per heavy atom. The summed E-state index contributed by atoms with van der Waals surface area (Å²) in [5, 5.41) is 9.94. The van der Waals surface area contributed by atoms with Crippen LogP contribution in [-0.2, 0) is 6.54 Å². The number of thiazole rings is 1. The lowest BCUT2D eigenvalue weighted by molar-refractivity contribution is 0.858. The Morgan fingerprint density at radius 1 is 1.35 bits per heavy atom. The van der Waals surface area contributed by atoms with Gasteiger partial charge in [-0.25, -0.2) is 4.98 Å². The third-order valence-corrected chi connectivity index (χ3v) is 3.66. The normalized spacial score (nSPS) is 10.8. The van der Waals surface area contributed by atoms with E-state index in [1.807, 2.05) is 36.7 Å². The van der Waals surface area contributed by atoms with E-state index < -0.39 is 0 Å². The molecule has 1 aromatic heterocycles. The number of halogens is 2. The molecule has 0 spiro atoms. The van der Waals surface area contributed by atoms with Crippen LogP contribution in [0.3, 0.4) is 0 Å². The lowest BCUT2D eigenvalue weighted by Gasteiger charge is -2.05. The van der Waals surface area contributed by atoms with Gasteiger partial charge in [0.1, 0.15) is 5.01 Å². The minimum atomic E-state index is 0. The molecular weight excluding hydrogens is 407 g/mol. The average Bonchev–Trinajstić information content (AvgIpc) is 2.89. The SMILES string of the molecule is CN=C(NC)NCc1nc(-c2ccc(Cl)cc2)cs1.I. The summed E-state index contributed by atoms with van der Waals surface area (Å²) >= 11 is 7.50. The van der Waals surface area contributed by atoms with Crippen LogP contribution in [0.15, 0.2) is 34.6 Å². The molecule has 0 saturated heterocycles. The van der Waals surface area contributed by atoms with E-state index in [4.69, 9.17) is 11.6 Å². The lowest BCUT2D eigenvalue weighted by Crippen LogP contribution is -2.33. The minimum absolute atomic E-state index is 0. The number of aliphatic imine (C=N–C) groups is 1. The van der Waals surface area contributed by atoms with E-state index in [0.29, 0.717) is 6.54 Å². The average molecular weight is 423 g/mol. The third kappa shape index (κ3) is 4.60. The maximum atomic E-state index is 5.87. The van der Waals surface area contributed by atoms with Crippen molar-refractivity contribution in [1.29, 1.82) is 0 Å². The predicted octanol–water partition coefficient (Wildman–Crippen LogP) is 3.38. The van der Waals surface area contributed by atoms with Crippen molar-refractivity contribution < 1.29 is 0 Å². The van der Waals surface area contributed by atoms with E-state index >= 15 is 0 Å². The number of rotatable bonds is 3. The van der Waals surface area contributed by atoms with Gasteiger partial charge >= 0.3 is 0 Å². The van der Waals surface area contributed by atoms with Crippen molar-refractivity contribution in [3.63, 3.8) is 0 Å². The summed E-state index contributed by atoms with van der Waals surface area (Å²) in [6.07, 6.45) is 0. The Hall–Kier alpha value is -0.860. The maximum absolute atomic E-state index is 5.87. The summed E-state index contributed by atoms with van der Waals surface area (Å²) < 4.78 is 0. The van der Waals surface area contributed by atoms with Crippen LogP contribution in [0, 0.1) is 0 Å². The predicted molar refractivity (Wildman–Crippen MR) is 97.2 cm³/mol. The summed E-state index contributed by atoms with van der Waals surface area (Å²) in [5.41, 5.74) is 2.04. The van der Waals surface area contributed by atoms with Gasteiger partial charge in [0, 0.05) is 30.1 Å². The standard InChI is InChI=1S/C13H15ClN4S.HI/c1-15-13(16-2)17-7-12-18-11(8-19-12)9-3-5-10(14)6-4-9;/h3-6,8H,7H2,1-2H3,(H2,15,16,17);1H. The van der Waals surface area contributed by atoms with Crippen LogP contribution < -0.4 is 10.6 Å². The van der Waals surface area contributed by atoms with Crippen molar-refractivity contribution in [3.05, 3.63) is 39.7 Å². The highest BCUT2D eigenvalue weighted by molar-refractivity contribution is 14.0. The number of hydrogen-bond donors (Lipinski definition) is 2. The second-order valence-electron chi connectivity index (χ2n) is 3.81. The van der Waals surface area contributed by atoms with Gasteiger partial charge in [0.2, 0.25) is 0 Å². The van der Waals surface area contributed by atoms with Gasteiger partial charge in [0.05, 0.1) is 12.2 Å². The number of aromatic nitrogens is 1. The minimum Gasteiger partial charge on any atom is -0.359 e. The summed E-state index contributed by atoms with van der Waals surface area (Å²) in [5.74, 6) is 0.753. The Kier molecular flexibility index (Phi) is 7.25. The van der Waals surface area contributed by atoms with Gasteiger partial charge < -0.3 is 10.6 Å². The molecule has 0 radical (unpaired) electrons. The number of nitrogens with zero attached hydrogens (tertiary/aromatic N) is 2. The molecule has 0 bridgehead atoms. The van der Waals surface area contributed by atoms with Crippen molar-refractivity contribution in [2.45, 2.75) is 6.54 Å². The Bertz CT molecular complexity index is 568. The molecule has 4 nitrogen and oxygen atoms in total. The molecule has 0 atom stereocenters. The van der Waals surface area contributed by atoms with Crippen LogP contribution >= 0.6 is 46.9 Å². The molecule has 0 amide bonds. The molecule has 108 valence electrons. The molecule has 2 N–H and O–H groups in total. The molecule has 0 aliphatic carbocycles. The van der Waals surface area contributed by atoms with Gasteiger partial charge in [-0.15, -0.1) is 35.3 Å². The van der Waals surface area contributed by atoms with Crippen LogP contribution in [0.4, 0.5) is 0 Å². The quantitative estimate of drug-likeness (QED) is 0.453.